The quantitative estimate of drug-likeness (QED) is 0.574. The van der Waals surface area contributed by atoms with Crippen molar-refractivity contribution in [1.82, 2.24) is 4.31 Å². The van der Waals surface area contributed by atoms with Gasteiger partial charge in [0.15, 0.2) is 0 Å². The van der Waals surface area contributed by atoms with Gasteiger partial charge in [-0.3, -0.25) is 0 Å². The molecule has 0 aliphatic heterocycles. The van der Waals surface area contributed by atoms with Crippen LogP contribution in [0.3, 0.4) is 0 Å². The van der Waals surface area contributed by atoms with Crippen LogP contribution in [0.2, 0.25) is 0 Å². The monoisotopic (exact) mass is 425 g/mol. The molecule has 2 rings (SSSR count). The molecule has 0 N–H and O–H groups in total. The van der Waals surface area contributed by atoms with Crippen molar-refractivity contribution in [3.05, 3.63) is 59.7 Å². The Kier molecular flexibility index (Phi) is 7.25. The summed E-state index contributed by atoms with van der Waals surface area (Å²) in [4.78, 5) is 0.257. The number of hydrogen-bond donors (Lipinski definition) is 0. The standard InChI is InChI=1S/C20H27NO5S2/c1-5-27(22,23)26-19-10-8-18(9-11-19)15-21(14-16(2)3)28(24,25)20-12-6-17(4)7-13-20/h6-13,16H,5,14-15H2,1-4H3. The van der Waals surface area contributed by atoms with Crippen LogP contribution in [0.15, 0.2) is 53.4 Å². The van der Waals surface area contributed by atoms with Gasteiger partial charge >= 0.3 is 10.1 Å². The molecule has 2 aromatic rings. The molecule has 0 heterocycles. The van der Waals surface area contributed by atoms with Gasteiger partial charge in [0.05, 0.1) is 10.6 Å². The fourth-order valence-electron chi connectivity index (χ4n) is 2.57. The van der Waals surface area contributed by atoms with E-state index in [1.165, 1.54) is 23.4 Å². The van der Waals surface area contributed by atoms with Gasteiger partial charge in [0, 0.05) is 13.1 Å². The number of aryl methyl sites for hydroxylation is 1. The van der Waals surface area contributed by atoms with E-state index in [0.717, 1.165) is 11.1 Å². The van der Waals surface area contributed by atoms with Gasteiger partial charge in [0.2, 0.25) is 10.0 Å². The zero-order valence-corrected chi connectivity index (χ0v) is 18.3. The van der Waals surface area contributed by atoms with Crippen molar-refractivity contribution in [2.24, 2.45) is 5.92 Å². The molecule has 0 bridgehead atoms. The summed E-state index contributed by atoms with van der Waals surface area (Å²) in [5, 5.41) is 0. The van der Waals surface area contributed by atoms with Crippen LogP contribution in [-0.2, 0) is 26.7 Å². The van der Waals surface area contributed by atoms with Crippen molar-refractivity contribution in [2.45, 2.75) is 39.1 Å². The molecule has 0 atom stereocenters. The highest BCUT2D eigenvalue weighted by Gasteiger charge is 2.25. The Bertz CT molecular complexity index is 980. The van der Waals surface area contributed by atoms with Crippen LogP contribution in [0.25, 0.3) is 0 Å². The second-order valence-electron chi connectivity index (χ2n) is 7.08. The summed E-state index contributed by atoms with van der Waals surface area (Å²) in [6.07, 6.45) is 0. The maximum absolute atomic E-state index is 13.1. The third-order valence-electron chi connectivity index (χ3n) is 4.09. The average Bonchev–Trinajstić information content (AvgIpc) is 2.62. The maximum Gasteiger partial charge on any atom is 0.308 e. The highest BCUT2D eigenvalue weighted by Crippen LogP contribution is 2.22. The average molecular weight is 426 g/mol. The van der Waals surface area contributed by atoms with Crippen LogP contribution >= 0.6 is 0 Å². The molecule has 0 fully saturated rings. The second kappa shape index (κ2) is 9.07. The van der Waals surface area contributed by atoms with Crippen molar-refractivity contribution in [3.8, 4) is 5.75 Å². The summed E-state index contributed by atoms with van der Waals surface area (Å²) in [6.45, 7) is 7.90. The molecule has 154 valence electrons. The van der Waals surface area contributed by atoms with E-state index in [1.54, 1.807) is 36.4 Å². The molecule has 0 aromatic heterocycles. The first-order valence-corrected chi connectivity index (χ1v) is 12.1. The van der Waals surface area contributed by atoms with Crippen LogP contribution < -0.4 is 4.18 Å². The Balaban J connectivity index is 2.26. The van der Waals surface area contributed by atoms with Gasteiger partial charge in [0.25, 0.3) is 0 Å². The lowest BCUT2D eigenvalue weighted by Gasteiger charge is -2.24. The van der Waals surface area contributed by atoms with Crippen molar-refractivity contribution < 1.29 is 21.0 Å². The van der Waals surface area contributed by atoms with E-state index in [1.807, 2.05) is 20.8 Å². The van der Waals surface area contributed by atoms with E-state index >= 15 is 0 Å². The van der Waals surface area contributed by atoms with Gasteiger partial charge in [-0.15, -0.1) is 0 Å². The summed E-state index contributed by atoms with van der Waals surface area (Å²) in [5.74, 6) is 0.242. The van der Waals surface area contributed by atoms with Gasteiger partial charge in [-0.05, 0) is 49.6 Å². The molecule has 0 unspecified atom stereocenters. The summed E-state index contributed by atoms with van der Waals surface area (Å²) in [7, 11) is -7.24. The van der Waals surface area contributed by atoms with Crippen molar-refractivity contribution in [2.75, 3.05) is 12.3 Å². The van der Waals surface area contributed by atoms with Crippen LogP contribution in [0.5, 0.6) is 5.75 Å². The first-order valence-electron chi connectivity index (χ1n) is 9.11. The van der Waals surface area contributed by atoms with Gasteiger partial charge < -0.3 is 4.18 Å². The molecular formula is C20H27NO5S2. The summed E-state index contributed by atoms with van der Waals surface area (Å²) >= 11 is 0. The molecule has 0 amide bonds. The fourth-order valence-corrected chi connectivity index (χ4v) is 4.69. The molecule has 0 spiro atoms. The van der Waals surface area contributed by atoms with E-state index < -0.39 is 20.1 Å². The zero-order chi connectivity index (χ0) is 20.9. The van der Waals surface area contributed by atoms with E-state index in [0.29, 0.717) is 6.54 Å². The minimum Gasteiger partial charge on any atom is -0.382 e. The molecule has 0 saturated carbocycles. The molecule has 28 heavy (non-hydrogen) atoms. The van der Waals surface area contributed by atoms with Crippen molar-refractivity contribution >= 4 is 20.1 Å². The van der Waals surface area contributed by atoms with Crippen LogP contribution in [0.4, 0.5) is 0 Å². The molecule has 0 aliphatic carbocycles. The Morgan fingerprint density at radius 3 is 2.00 bits per heavy atom. The molecule has 0 radical (unpaired) electrons. The molecule has 2 aromatic carbocycles. The first-order chi connectivity index (χ1) is 13.0. The van der Waals surface area contributed by atoms with Crippen LogP contribution in [0.1, 0.15) is 31.9 Å². The third kappa shape index (κ3) is 6.05. The van der Waals surface area contributed by atoms with E-state index in [-0.39, 0.29) is 28.9 Å². The third-order valence-corrected chi connectivity index (χ3v) is 7.07. The van der Waals surface area contributed by atoms with Gasteiger partial charge in [-0.25, -0.2) is 8.42 Å². The largest absolute Gasteiger partial charge is 0.382 e. The van der Waals surface area contributed by atoms with E-state index in [4.69, 9.17) is 4.18 Å². The molecule has 0 aliphatic rings. The Labute approximate surface area is 168 Å². The normalized spacial score (nSPS) is 12.5. The predicted molar refractivity (Wildman–Crippen MR) is 110 cm³/mol. The molecule has 6 nitrogen and oxygen atoms in total. The Morgan fingerprint density at radius 1 is 0.929 bits per heavy atom. The number of sulfonamides is 1. The lowest BCUT2D eigenvalue weighted by atomic mass is 10.2. The number of benzene rings is 2. The summed E-state index contributed by atoms with van der Waals surface area (Å²) in [6, 6.07) is 13.2. The first kappa shape index (κ1) is 22.4. The zero-order valence-electron chi connectivity index (χ0n) is 16.6. The highest BCUT2D eigenvalue weighted by atomic mass is 32.2. The maximum atomic E-state index is 13.1. The van der Waals surface area contributed by atoms with Crippen molar-refractivity contribution in [1.29, 1.82) is 0 Å². The van der Waals surface area contributed by atoms with E-state index in [2.05, 4.69) is 0 Å². The van der Waals surface area contributed by atoms with Crippen LogP contribution in [0, 0.1) is 12.8 Å². The van der Waals surface area contributed by atoms with Gasteiger partial charge in [-0.2, -0.15) is 12.7 Å². The van der Waals surface area contributed by atoms with Gasteiger partial charge in [-0.1, -0.05) is 43.7 Å². The summed E-state index contributed by atoms with van der Waals surface area (Å²) in [5.41, 5.74) is 1.74. The number of hydrogen-bond acceptors (Lipinski definition) is 5. The van der Waals surface area contributed by atoms with Crippen molar-refractivity contribution in [3.63, 3.8) is 0 Å². The smallest absolute Gasteiger partial charge is 0.308 e. The lowest BCUT2D eigenvalue weighted by molar-refractivity contribution is 0.362. The lowest BCUT2D eigenvalue weighted by Crippen LogP contribution is -2.33. The SMILES string of the molecule is CCS(=O)(=O)Oc1ccc(CN(CC(C)C)S(=O)(=O)c2ccc(C)cc2)cc1. The number of rotatable bonds is 9. The predicted octanol–water partition coefficient (Wildman–Crippen LogP) is 3.57. The van der Waals surface area contributed by atoms with E-state index in [9.17, 15) is 16.8 Å². The Morgan fingerprint density at radius 2 is 1.50 bits per heavy atom. The molecular weight excluding hydrogens is 398 g/mol. The fraction of sp³-hybridized carbons (Fsp3) is 0.400. The van der Waals surface area contributed by atoms with Gasteiger partial charge in [0.1, 0.15) is 5.75 Å². The highest BCUT2D eigenvalue weighted by molar-refractivity contribution is 7.89. The second-order valence-corrected chi connectivity index (χ2v) is 10.9. The minimum absolute atomic E-state index is 0.119. The molecule has 8 heteroatoms. The summed E-state index contributed by atoms with van der Waals surface area (Å²) < 4.78 is 55.7. The molecule has 0 saturated heterocycles. The minimum atomic E-state index is -3.65. The topological polar surface area (TPSA) is 80.8 Å². The Hall–Kier alpha value is -1.90. The number of nitrogens with zero attached hydrogens (tertiary/aromatic N) is 1. The van der Waals surface area contributed by atoms with Crippen LogP contribution in [-0.4, -0.2) is 33.4 Å².